The third kappa shape index (κ3) is 11.7. The Morgan fingerprint density at radius 3 is 2.22 bits per heavy atom. The number of rotatable bonds is 15. The van der Waals surface area contributed by atoms with Gasteiger partial charge in [-0.1, -0.05) is 30.3 Å². The second-order valence-electron chi connectivity index (χ2n) is 10.3. The van der Waals surface area contributed by atoms with Gasteiger partial charge in [0.05, 0.1) is 25.9 Å². The van der Waals surface area contributed by atoms with E-state index in [1.165, 1.54) is 11.8 Å². The van der Waals surface area contributed by atoms with Gasteiger partial charge >= 0.3 is 18.0 Å². The van der Waals surface area contributed by atoms with E-state index in [1.807, 2.05) is 31.2 Å². The fraction of sp³-hybridized carbons (Fsp3) is 0.303. The van der Waals surface area contributed by atoms with Gasteiger partial charge in [-0.05, 0) is 66.9 Å². The molecule has 0 unspecified atom stereocenters. The van der Waals surface area contributed by atoms with Gasteiger partial charge in [0.15, 0.2) is 0 Å². The number of amides is 4. The molecule has 45 heavy (non-hydrogen) atoms. The van der Waals surface area contributed by atoms with Gasteiger partial charge in [0.2, 0.25) is 11.8 Å². The monoisotopic (exact) mass is 617 g/mol. The van der Waals surface area contributed by atoms with Crippen molar-refractivity contribution in [3.8, 4) is 0 Å². The zero-order chi connectivity index (χ0) is 32.8. The number of nitrogens with one attached hydrogen (secondary N) is 4. The van der Waals surface area contributed by atoms with Crippen LogP contribution in [-0.2, 0) is 36.9 Å². The lowest BCUT2D eigenvalue weighted by Crippen LogP contribution is -2.31. The number of esters is 1. The quantitative estimate of drug-likeness (QED) is 0.149. The van der Waals surface area contributed by atoms with E-state index >= 15 is 0 Å². The molecule has 5 N–H and O–H groups in total. The highest BCUT2D eigenvalue weighted by atomic mass is 16.5. The molecule has 0 heterocycles. The Morgan fingerprint density at radius 2 is 1.56 bits per heavy atom. The average Bonchev–Trinajstić information content (AvgIpc) is 2.98. The van der Waals surface area contributed by atoms with Crippen LogP contribution in [-0.4, -0.2) is 59.5 Å². The van der Waals surface area contributed by atoms with Crippen molar-refractivity contribution in [3.63, 3.8) is 0 Å². The van der Waals surface area contributed by atoms with E-state index in [2.05, 4.69) is 21.3 Å². The van der Waals surface area contributed by atoms with Gasteiger partial charge < -0.3 is 36.0 Å². The summed E-state index contributed by atoms with van der Waals surface area (Å²) in [5, 5.41) is 20.7. The number of urea groups is 1. The number of ether oxygens (including phenoxy) is 1. The molecule has 0 fully saturated rings. The van der Waals surface area contributed by atoms with Crippen molar-refractivity contribution in [2.45, 2.75) is 46.6 Å². The SMILES string of the molecule is CCOC(=O)CCNc1ccc(NC(=O)Cc2ccc(NC(=O)Nc3ccccc3C)cc2)cc1CN(CCC(=O)O)C(C)=O. The van der Waals surface area contributed by atoms with Crippen LogP contribution in [0.3, 0.4) is 0 Å². The highest BCUT2D eigenvalue weighted by molar-refractivity contribution is 6.00. The van der Waals surface area contributed by atoms with Crippen molar-refractivity contribution in [2.24, 2.45) is 0 Å². The third-order valence-electron chi connectivity index (χ3n) is 6.71. The summed E-state index contributed by atoms with van der Waals surface area (Å²) in [4.78, 5) is 61.8. The molecule has 0 saturated heterocycles. The number of hydrogen-bond donors (Lipinski definition) is 5. The first-order valence-corrected chi connectivity index (χ1v) is 14.6. The zero-order valence-corrected chi connectivity index (χ0v) is 25.6. The maximum Gasteiger partial charge on any atom is 0.323 e. The normalized spacial score (nSPS) is 10.4. The number of carboxylic acid groups (broad SMARTS) is 1. The summed E-state index contributed by atoms with van der Waals surface area (Å²) in [7, 11) is 0. The predicted molar refractivity (Wildman–Crippen MR) is 172 cm³/mol. The molecule has 3 aromatic carbocycles. The van der Waals surface area contributed by atoms with Crippen molar-refractivity contribution in [2.75, 3.05) is 41.0 Å². The molecule has 0 aliphatic carbocycles. The summed E-state index contributed by atoms with van der Waals surface area (Å²) < 4.78 is 4.96. The minimum absolute atomic E-state index is 0.0158. The molecule has 12 nitrogen and oxygen atoms in total. The minimum Gasteiger partial charge on any atom is -0.481 e. The Labute approximate surface area is 262 Å². The Morgan fingerprint density at radius 1 is 0.844 bits per heavy atom. The Balaban J connectivity index is 1.65. The summed E-state index contributed by atoms with van der Waals surface area (Å²) in [6.07, 6.45) is -0.0110. The van der Waals surface area contributed by atoms with E-state index in [1.54, 1.807) is 49.4 Å². The molecule has 0 spiro atoms. The van der Waals surface area contributed by atoms with Crippen molar-refractivity contribution < 1.29 is 33.8 Å². The zero-order valence-electron chi connectivity index (χ0n) is 25.6. The van der Waals surface area contributed by atoms with Gasteiger partial charge in [0.1, 0.15) is 0 Å². The summed E-state index contributed by atoms with van der Waals surface area (Å²) >= 11 is 0. The molecule has 238 valence electrons. The van der Waals surface area contributed by atoms with Gasteiger partial charge in [0.25, 0.3) is 0 Å². The van der Waals surface area contributed by atoms with Crippen LogP contribution >= 0.6 is 0 Å². The van der Waals surface area contributed by atoms with Gasteiger partial charge in [0, 0.05) is 49.3 Å². The van der Waals surface area contributed by atoms with Crippen LogP contribution in [0.15, 0.2) is 66.7 Å². The van der Waals surface area contributed by atoms with Crippen molar-refractivity contribution in [3.05, 3.63) is 83.4 Å². The van der Waals surface area contributed by atoms with E-state index in [-0.39, 0.29) is 69.3 Å². The van der Waals surface area contributed by atoms with Crippen LogP contribution < -0.4 is 21.3 Å². The van der Waals surface area contributed by atoms with E-state index in [9.17, 15) is 24.0 Å². The second kappa shape index (κ2) is 17.0. The standard InChI is InChI=1S/C33H39N5O7/c1-4-45-32(43)15-17-34-29-14-13-27(20-25(29)21-38(23(3)39)18-16-31(41)42)35-30(40)19-24-9-11-26(12-10-24)36-33(44)37-28-8-6-5-7-22(28)2/h5-14,20,34H,4,15-19,21H2,1-3H3,(H,35,40)(H,41,42)(H2,36,37,44). The van der Waals surface area contributed by atoms with Crippen LogP contribution in [0.4, 0.5) is 27.5 Å². The van der Waals surface area contributed by atoms with Crippen molar-refractivity contribution >= 4 is 52.5 Å². The number of aliphatic carboxylic acids is 1. The fourth-order valence-electron chi connectivity index (χ4n) is 4.39. The topological polar surface area (TPSA) is 166 Å². The fourth-order valence-corrected chi connectivity index (χ4v) is 4.39. The lowest BCUT2D eigenvalue weighted by molar-refractivity contribution is -0.143. The number of carboxylic acids is 1. The van der Waals surface area contributed by atoms with Gasteiger partial charge in [-0.25, -0.2) is 4.79 Å². The molecular weight excluding hydrogens is 578 g/mol. The van der Waals surface area contributed by atoms with E-state index in [0.717, 1.165) is 11.1 Å². The van der Waals surface area contributed by atoms with Crippen LogP contribution in [0.25, 0.3) is 0 Å². The van der Waals surface area contributed by atoms with E-state index in [0.29, 0.717) is 28.3 Å². The summed E-state index contributed by atoms with van der Waals surface area (Å²) in [6.45, 7) is 5.67. The number of carbonyl (C=O) groups excluding carboxylic acids is 4. The molecule has 0 aliphatic rings. The highest BCUT2D eigenvalue weighted by Gasteiger charge is 2.16. The number of nitrogens with zero attached hydrogens (tertiary/aromatic N) is 1. The molecule has 12 heteroatoms. The minimum atomic E-state index is -1.02. The Kier molecular flexibility index (Phi) is 12.9. The molecule has 0 bridgehead atoms. The summed E-state index contributed by atoms with van der Waals surface area (Å²) in [5.74, 6) is -1.95. The number of hydrogen-bond acceptors (Lipinski definition) is 7. The molecule has 0 saturated carbocycles. The van der Waals surface area contributed by atoms with Crippen molar-refractivity contribution in [1.82, 2.24) is 4.90 Å². The summed E-state index contributed by atoms with van der Waals surface area (Å²) in [5.41, 5.74) is 4.70. The lowest BCUT2D eigenvalue weighted by Gasteiger charge is -2.23. The van der Waals surface area contributed by atoms with Gasteiger partial charge in [-0.15, -0.1) is 0 Å². The van der Waals surface area contributed by atoms with Crippen LogP contribution in [0.1, 0.15) is 43.4 Å². The largest absolute Gasteiger partial charge is 0.481 e. The predicted octanol–water partition coefficient (Wildman–Crippen LogP) is 5.01. The smallest absolute Gasteiger partial charge is 0.323 e. The second-order valence-corrected chi connectivity index (χ2v) is 10.3. The molecule has 0 radical (unpaired) electrons. The maximum absolute atomic E-state index is 12.9. The number of benzene rings is 3. The Bertz CT molecular complexity index is 1510. The van der Waals surface area contributed by atoms with E-state index in [4.69, 9.17) is 9.84 Å². The van der Waals surface area contributed by atoms with Gasteiger partial charge in [-0.3, -0.25) is 19.2 Å². The maximum atomic E-state index is 12.9. The van der Waals surface area contributed by atoms with Crippen LogP contribution in [0, 0.1) is 6.92 Å². The highest BCUT2D eigenvalue weighted by Crippen LogP contribution is 2.24. The van der Waals surface area contributed by atoms with E-state index < -0.39 is 5.97 Å². The number of carbonyl (C=O) groups is 5. The Hall–Kier alpha value is -5.39. The molecular formula is C33H39N5O7. The number of para-hydroxylation sites is 1. The molecule has 3 aromatic rings. The first-order valence-electron chi connectivity index (χ1n) is 14.6. The number of aryl methyl sites for hydroxylation is 1. The molecule has 3 rings (SSSR count). The molecule has 0 atom stereocenters. The van der Waals surface area contributed by atoms with Gasteiger partial charge in [-0.2, -0.15) is 0 Å². The van der Waals surface area contributed by atoms with Crippen molar-refractivity contribution in [1.29, 1.82) is 0 Å². The first-order chi connectivity index (χ1) is 21.5. The first kappa shape index (κ1) is 34.1. The average molecular weight is 618 g/mol. The summed E-state index contributed by atoms with van der Waals surface area (Å²) in [6, 6.07) is 19.1. The van der Waals surface area contributed by atoms with Crippen LogP contribution in [0.2, 0.25) is 0 Å². The molecule has 0 aliphatic heterocycles. The van der Waals surface area contributed by atoms with Crippen LogP contribution in [0.5, 0.6) is 0 Å². The molecule has 4 amide bonds. The number of anilines is 4. The third-order valence-corrected chi connectivity index (χ3v) is 6.71. The molecule has 0 aromatic heterocycles. The lowest BCUT2D eigenvalue weighted by atomic mass is 10.1.